The lowest BCUT2D eigenvalue weighted by molar-refractivity contribution is -0.384. The van der Waals surface area contributed by atoms with Crippen LogP contribution in [0, 0.1) is 10.1 Å². The van der Waals surface area contributed by atoms with Crippen LogP contribution in [0.1, 0.15) is 23.0 Å². The highest BCUT2D eigenvalue weighted by molar-refractivity contribution is 8.00. The summed E-state index contributed by atoms with van der Waals surface area (Å²) in [5.41, 5.74) is 1.43. The summed E-state index contributed by atoms with van der Waals surface area (Å²) in [6.45, 7) is 2.07. The van der Waals surface area contributed by atoms with Crippen molar-refractivity contribution >= 4 is 35.0 Å². The van der Waals surface area contributed by atoms with Gasteiger partial charge < -0.3 is 15.1 Å². The molecule has 3 aromatic rings. The number of nitrogens with one attached hydrogen (secondary N) is 2. The van der Waals surface area contributed by atoms with Crippen LogP contribution < -0.4 is 10.6 Å². The second-order valence-electron chi connectivity index (χ2n) is 6.36. The van der Waals surface area contributed by atoms with E-state index in [0.29, 0.717) is 12.2 Å². The van der Waals surface area contributed by atoms with Crippen LogP contribution in [0.2, 0.25) is 0 Å². The van der Waals surface area contributed by atoms with Gasteiger partial charge in [0.1, 0.15) is 0 Å². The Hall–Kier alpha value is -3.59. The molecule has 3 rings (SSSR count). The van der Waals surface area contributed by atoms with Crippen LogP contribution in [0.3, 0.4) is 0 Å². The number of hydrogen-bond donors (Lipinski definition) is 2. The number of hydrogen-bond acceptors (Lipinski definition) is 6. The van der Waals surface area contributed by atoms with E-state index < -0.39 is 4.92 Å². The number of nitrogens with zero attached hydrogens (tertiary/aromatic N) is 1. The van der Waals surface area contributed by atoms with Crippen LogP contribution in [-0.4, -0.2) is 22.0 Å². The first-order chi connectivity index (χ1) is 14.4. The Labute approximate surface area is 176 Å². The molecule has 0 aliphatic rings. The van der Waals surface area contributed by atoms with E-state index in [9.17, 15) is 19.7 Å². The standard InChI is InChI=1S/C21H19N3O5S/c1-14(30-18-9-7-17(8-10-18)24(27)28)20(25)22-13-15-4-2-5-16(12-15)23-21(26)19-6-3-11-29-19/h2-12,14H,13H2,1H3,(H,22,25)(H,23,26)/t14-/m1/s1. The van der Waals surface area contributed by atoms with Crippen molar-refractivity contribution in [3.8, 4) is 0 Å². The maximum Gasteiger partial charge on any atom is 0.291 e. The van der Waals surface area contributed by atoms with Gasteiger partial charge in [-0.05, 0) is 48.9 Å². The topological polar surface area (TPSA) is 114 Å². The van der Waals surface area contributed by atoms with Crippen LogP contribution in [0.25, 0.3) is 0 Å². The first-order valence-corrected chi connectivity index (χ1v) is 9.93. The fraction of sp³-hybridized carbons (Fsp3) is 0.143. The van der Waals surface area contributed by atoms with E-state index in [4.69, 9.17) is 4.42 Å². The highest BCUT2D eigenvalue weighted by atomic mass is 32.2. The van der Waals surface area contributed by atoms with E-state index in [0.717, 1.165) is 10.5 Å². The molecule has 154 valence electrons. The van der Waals surface area contributed by atoms with Gasteiger partial charge in [-0.15, -0.1) is 11.8 Å². The quantitative estimate of drug-likeness (QED) is 0.317. The summed E-state index contributed by atoms with van der Waals surface area (Å²) in [6.07, 6.45) is 1.43. The number of amides is 2. The maximum absolute atomic E-state index is 12.4. The summed E-state index contributed by atoms with van der Waals surface area (Å²) in [5, 5.41) is 15.9. The van der Waals surface area contributed by atoms with Crippen LogP contribution in [0.4, 0.5) is 11.4 Å². The highest BCUT2D eigenvalue weighted by Gasteiger charge is 2.15. The van der Waals surface area contributed by atoms with Crippen molar-refractivity contribution in [2.24, 2.45) is 0 Å². The number of nitro benzene ring substituents is 1. The lowest BCUT2D eigenvalue weighted by Gasteiger charge is -2.12. The van der Waals surface area contributed by atoms with Gasteiger partial charge in [0.25, 0.3) is 11.6 Å². The van der Waals surface area contributed by atoms with Crippen molar-refractivity contribution in [3.05, 3.63) is 88.4 Å². The monoisotopic (exact) mass is 425 g/mol. The molecule has 0 unspecified atom stereocenters. The van der Waals surface area contributed by atoms with Crippen molar-refractivity contribution in [3.63, 3.8) is 0 Å². The third kappa shape index (κ3) is 5.71. The van der Waals surface area contributed by atoms with E-state index in [1.165, 1.54) is 30.2 Å². The van der Waals surface area contributed by atoms with E-state index in [-0.39, 0.29) is 28.5 Å². The van der Waals surface area contributed by atoms with Gasteiger partial charge in [0.15, 0.2) is 5.76 Å². The Kier molecular flexibility index (Phi) is 6.87. The summed E-state index contributed by atoms with van der Waals surface area (Å²) >= 11 is 1.32. The highest BCUT2D eigenvalue weighted by Crippen LogP contribution is 2.25. The minimum absolute atomic E-state index is 0.00970. The van der Waals surface area contributed by atoms with Crippen LogP contribution >= 0.6 is 11.8 Å². The van der Waals surface area contributed by atoms with Crippen LogP contribution in [0.15, 0.2) is 76.2 Å². The Morgan fingerprint density at radius 1 is 1.13 bits per heavy atom. The number of rotatable bonds is 8. The molecule has 0 saturated carbocycles. The second-order valence-corrected chi connectivity index (χ2v) is 7.77. The first-order valence-electron chi connectivity index (χ1n) is 9.05. The van der Waals surface area contributed by atoms with Gasteiger partial charge in [0.2, 0.25) is 5.91 Å². The molecule has 0 aliphatic carbocycles. The molecule has 0 saturated heterocycles. The van der Waals surface area contributed by atoms with E-state index >= 15 is 0 Å². The van der Waals surface area contributed by atoms with Gasteiger partial charge in [-0.2, -0.15) is 0 Å². The van der Waals surface area contributed by atoms with E-state index in [2.05, 4.69) is 10.6 Å². The minimum atomic E-state index is -0.463. The fourth-order valence-corrected chi connectivity index (χ4v) is 3.49. The minimum Gasteiger partial charge on any atom is -0.459 e. The molecule has 0 fully saturated rings. The SMILES string of the molecule is C[C@@H](Sc1ccc([N+](=O)[O-])cc1)C(=O)NCc1cccc(NC(=O)c2ccco2)c1. The number of benzene rings is 2. The molecule has 0 spiro atoms. The molecule has 1 atom stereocenters. The number of anilines is 1. The molecule has 2 N–H and O–H groups in total. The van der Waals surface area contributed by atoms with E-state index in [1.54, 1.807) is 49.4 Å². The lowest BCUT2D eigenvalue weighted by Crippen LogP contribution is -2.30. The predicted molar refractivity (Wildman–Crippen MR) is 113 cm³/mol. The van der Waals surface area contributed by atoms with Gasteiger partial charge in [-0.1, -0.05) is 12.1 Å². The number of furan rings is 1. The zero-order valence-electron chi connectivity index (χ0n) is 16.0. The van der Waals surface area contributed by atoms with Crippen molar-refractivity contribution in [2.45, 2.75) is 23.6 Å². The molecule has 1 heterocycles. The average molecular weight is 425 g/mol. The molecule has 9 heteroatoms. The average Bonchev–Trinajstić information content (AvgIpc) is 3.28. The number of nitro groups is 1. The Bertz CT molecular complexity index is 1040. The Morgan fingerprint density at radius 2 is 1.90 bits per heavy atom. The van der Waals surface area contributed by atoms with Gasteiger partial charge in [-0.3, -0.25) is 19.7 Å². The fourth-order valence-electron chi connectivity index (χ4n) is 2.60. The molecule has 0 radical (unpaired) electrons. The lowest BCUT2D eigenvalue weighted by atomic mass is 10.2. The smallest absolute Gasteiger partial charge is 0.291 e. The molecule has 0 bridgehead atoms. The number of carbonyl (C=O) groups excluding carboxylic acids is 2. The molecule has 2 aromatic carbocycles. The Morgan fingerprint density at radius 3 is 2.57 bits per heavy atom. The van der Waals surface area contributed by atoms with E-state index in [1.807, 2.05) is 6.07 Å². The molecule has 2 amide bonds. The molecule has 8 nitrogen and oxygen atoms in total. The van der Waals surface area contributed by atoms with Gasteiger partial charge in [0.05, 0.1) is 16.4 Å². The van der Waals surface area contributed by atoms with Gasteiger partial charge >= 0.3 is 0 Å². The summed E-state index contributed by atoms with van der Waals surface area (Å²) in [6, 6.07) is 16.4. The molecule has 0 aliphatic heterocycles. The van der Waals surface area contributed by atoms with Crippen LogP contribution in [-0.2, 0) is 11.3 Å². The van der Waals surface area contributed by atoms with Crippen molar-refractivity contribution in [2.75, 3.05) is 5.32 Å². The van der Waals surface area contributed by atoms with Crippen molar-refractivity contribution in [1.29, 1.82) is 0 Å². The van der Waals surface area contributed by atoms with Crippen molar-refractivity contribution in [1.82, 2.24) is 5.32 Å². The maximum atomic E-state index is 12.4. The molecule has 30 heavy (non-hydrogen) atoms. The molecular formula is C21H19N3O5S. The third-order valence-electron chi connectivity index (χ3n) is 4.13. The van der Waals surface area contributed by atoms with Crippen molar-refractivity contribution < 1.29 is 18.9 Å². The van der Waals surface area contributed by atoms with Gasteiger partial charge in [-0.25, -0.2) is 0 Å². The number of non-ortho nitro benzene ring substituents is 1. The number of thioether (sulfide) groups is 1. The number of carbonyl (C=O) groups is 2. The summed E-state index contributed by atoms with van der Waals surface area (Å²) in [7, 11) is 0. The first kappa shape index (κ1) is 21.1. The zero-order valence-corrected chi connectivity index (χ0v) is 16.8. The summed E-state index contributed by atoms with van der Waals surface area (Å²) < 4.78 is 5.07. The largest absolute Gasteiger partial charge is 0.459 e. The van der Waals surface area contributed by atoms with Crippen LogP contribution in [0.5, 0.6) is 0 Å². The molecule has 1 aromatic heterocycles. The molecular weight excluding hydrogens is 406 g/mol. The predicted octanol–water partition coefficient (Wildman–Crippen LogP) is 4.24. The summed E-state index contributed by atoms with van der Waals surface area (Å²) in [4.78, 5) is 35.5. The Balaban J connectivity index is 1.52. The normalized spacial score (nSPS) is 11.5. The van der Waals surface area contributed by atoms with Gasteiger partial charge in [0, 0.05) is 29.3 Å². The second kappa shape index (κ2) is 9.75. The summed E-state index contributed by atoms with van der Waals surface area (Å²) in [5.74, 6) is -0.302. The zero-order chi connectivity index (χ0) is 21.5. The third-order valence-corrected chi connectivity index (χ3v) is 5.24.